The van der Waals surface area contributed by atoms with Gasteiger partial charge in [0, 0.05) is 38.3 Å². The second kappa shape index (κ2) is 7.58. The summed E-state index contributed by atoms with van der Waals surface area (Å²) in [6, 6.07) is 0.678. The smallest absolute Gasteiger partial charge is 0.0700 e. The van der Waals surface area contributed by atoms with Crippen LogP contribution >= 0.6 is 0 Å². The maximum Gasteiger partial charge on any atom is 0.0700 e. The minimum atomic E-state index is 0.415. The monoisotopic (exact) mass is 270 g/mol. The number of nitrogens with one attached hydrogen (secondary N) is 1. The lowest BCUT2D eigenvalue weighted by Crippen LogP contribution is -2.63. The van der Waals surface area contributed by atoms with Gasteiger partial charge in [-0.1, -0.05) is 19.8 Å². The molecule has 1 aliphatic carbocycles. The first-order chi connectivity index (χ1) is 9.29. The van der Waals surface area contributed by atoms with Crippen LogP contribution in [-0.2, 0) is 9.47 Å². The van der Waals surface area contributed by atoms with Crippen LogP contribution in [0.2, 0.25) is 0 Å². The molecule has 0 bridgehead atoms. The van der Waals surface area contributed by atoms with Gasteiger partial charge in [0.25, 0.3) is 0 Å². The lowest BCUT2D eigenvalue weighted by atomic mass is 9.92. The van der Waals surface area contributed by atoms with Gasteiger partial charge in [-0.3, -0.25) is 4.90 Å². The Balaban J connectivity index is 1.77. The topological polar surface area (TPSA) is 33.7 Å². The van der Waals surface area contributed by atoms with Gasteiger partial charge in [0.15, 0.2) is 0 Å². The van der Waals surface area contributed by atoms with Crippen molar-refractivity contribution >= 4 is 0 Å². The Labute approximate surface area is 117 Å². The van der Waals surface area contributed by atoms with Crippen molar-refractivity contribution in [3.05, 3.63) is 0 Å². The normalized spacial score (nSPS) is 27.2. The molecule has 1 atom stereocenters. The Morgan fingerprint density at radius 2 is 2.00 bits per heavy atom. The highest BCUT2D eigenvalue weighted by atomic mass is 16.5. The van der Waals surface area contributed by atoms with Crippen molar-refractivity contribution in [2.45, 2.75) is 50.6 Å². The molecule has 1 spiro atoms. The Hall–Kier alpha value is -0.160. The molecule has 1 heterocycles. The molecule has 2 aliphatic rings. The number of nitrogens with zero attached hydrogens (tertiary/aromatic N) is 1. The average Bonchev–Trinajstić information content (AvgIpc) is 2.87. The van der Waals surface area contributed by atoms with Crippen LogP contribution in [0, 0.1) is 0 Å². The third-order valence-corrected chi connectivity index (χ3v) is 4.72. The molecule has 1 saturated heterocycles. The summed E-state index contributed by atoms with van der Waals surface area (Å²) in [5.74, 6) is 0. The zero-order chi connectivity index (χ0) is 13.6. The van der Waals surface area contributed by atoms with E-state index in [1.165, 1.54) is 38.6 Å². The first-order valence-electron chi connectivity index (χ1n) is 7.85. The van der Waals surface area contributed by atoms with Crippen LogP contribution < -0.4 is 5.32 Å². The Bertz CT molecular complexity index is 255. The molecule has 1 saturated carbocycles. The van der Waals surface area contributed by atoms with Gasteiger partial charge in [0.1, 0.15) is 0 Å². The summed E-state index contributed by atoms with van der Waals surface area (Å²) in [5.41, 5.74) is 0.415. The maximum atomic E-state index is 5.63. The van der Waals surface area contributed by atoms with E-state index >= 15 is 0 Å². The highest BCUT2D eigenvalue weighted by molar-refractivity contribution is 5.00. The summed E-state index contributed by atoms with van der Waals surface area (Å²) in [5, 5.41) is 3.83. The van der Waals surface area contributed by atoms with Gasteiger partial charge in [-0.05, 0) is 19.3 Å². The van der Waals surface area contributed by atoms with Crippen molar-refractivity contribution < 1.29 is 9.47 Å². The number of piperazine rings is 1. The SMILES string of the molecule is CCC1CNC2(CCCC2)CN1CCOCCOC. The zero-order valence-corrected chi connectivity index (χ0v) is 12.6. The molecule has 0 radical (unpaired) electrons. The molecule has 4 nitrogen and oxygen atoms in total. The van der Waals surface area contributed by atoms with Crippen LogP contribution in [0.5, 0.6) is 0 Å². The molecule has 0 aromatic heterocycles. The Morgan fingerprint density at radius 3 is 2.68 bits per heavy atom. The summed E-state index contributed by atoms with van der Waals surface area (Å²) in [6.07, 6.45) is 6.71. The van der Waals surface area contributed by atoms with Gasteiger partial charge in [0.05, 0.1) is 19.8 Å². The van der Waals surface area contributed by atoms with Gasteiger partial charge < -0.3 is 14.8 Å². The molecule has 4 heteroatoms. The maximum absolute atomic E-state index is 5.63. The van der Waals surface area contributed by atoms with E-state index in [0.717, 1.165) is 19.7 Å². The average molecular weight is 270 g/mol. The molecule has 112 valence electrons. The Morgan fingerprint density at radius 1 is 1.21 bits per heavy atom. The van der Waals surface area contributed by atoms with Crippen molar-refractivity contribution in [3.63, 3.8) is 0 Å². The lowest BCUT2D eigenvalue weighted by molar-refractivity contribution is 0.0248. The summed E-state index contributed by atoms with van der Waals surface area (Å²) in [6.45, 7) is 7.94. The molecule has 19 heavy (non-hydrogen) atoms. The molecule has 1 N–H and O–H groups in total. The predicted molar refractivity (Wildman–Crippen MR) is 77.5 cm³/mol. The molecule has 0 aromatic rings. The molecular weight excluding hydrogens is 240 g/mol. The lowest BCUT2D eigenvalue weighted by Gasteiger charge is -2.46. The predicted octanol–water partition coefficient (Wildman–Crippen LogP) is 1.65. The quantitative estimate of drug-likeness (QED) is 0.713. The van der Waals surface area contributed by atoms with Gasteiger partial charge in [-0.2, -0.15) is 0 Å². The second-order valence-electron chi connectivity index (χ2n) is 6.01. The fourth-order valence-electron chi connectivity index (χ4n) is 3.51. The molecular formula is C15H30N2O2. The van der Waals surface area contributed by atoms with E-state index in [9.17, 15) is 0 Å². The van der Waals surface area contributed by atoms with Gasteiger partial charge in [-0.15, -0.1) is 0 Å². The standard InChI is InChI=1S/C15H30N2O2/c1-3-14-12-16-15(6-4-5-7-15)13-17(14)8-9-19-11-10-18-2/h14,16H,3-13H2,1-2H3. The third kappa shape index (κ3) is 4.15. The zero-order valence-electron chi connectivity index (χ0n) is 12.6. The van der Waals surface area contributed by atoms with Crippen molar-refractivity contribution in [2.24, 2.45) is 0 Å². The highest BCUT2D eigenvalue weighted by Crippen LogP contribution is 2.33. The first-order valence-corrected chi connectivity index (χ1v) is 7.85. The van der Waals surface area contributed by atoms with E-state index in [1.54, 1.807) is 7.11 Å². The minimum absolute atomic E-state index is 0.415. The van der Waals surface area contributed by atoms with Crippen molar-refractivity contribution in [2.75, 3.05) is 46.6 Å². The molecule has 2 rings (SSSR count). The first kappa shape index (κ1) is 15.2. The molecule has 1 aliphatic heterocycles. The van der Waals surface area contributed by atoms with Gasteiger partial charge in [-0.25, -0.2) is 0 Å². The summed E-state index contributed by atoms with van der Waals surface area (Å²) >= 11 is 0. The van der Waals surface area contributed by atoms with E-state index in [2.05, 4.69) is 17.1 Å². The summed E-state index contributed by atoms with van der Waals surface area (Å²) in [4.78, 5) is 2.65. The Kier molecular flexibility index (Phi) is 6.07. The van der Waals surface area contributed by atoms with E-state index < -0.39 is 0 Å². The van der Waals surface area contributed by atoms with Crippen LogP contribution in [-0.4, -0.2) is 63.0 Å². The van der Waals surface area contributed by atoms with Crippen LogP contribution in [0.25, 0.3) is 0 Å². The van der Waals surface area contributed by atoms with E-state index in [4.69, 9.17) is 9.47 Å². The number of hydrogen-bond donors (Lipinski definition) is 1. The highest BCUT2D eigenvalue weighted by Gasteiger charge is 2.40. The molecule has 1 unspecified atom stereocenters. The van der Waals surface area contributed by atoms with E-state index in [1.807, 2.05) is 0 Å². The van der Waals surface area contributed by atoms with Crippen LogP contribution in [0.3, 0.4) is 0 Å². The van der Waals surface area contributed by atoms with Crippen LogP contribution in [0.1, 0.15) is 39.0 Å². The van der Waals surface area contributed by atoms with E-state index in [0.29, 0.717) is 24.8 Å². The van der Waals surface area contributed by atoms with Crippen LogP contribution in [0.4, 0.5) is 0 Å². The molecule has 2 fully saturated rings. The molecule has 0 amide bonds. The summed E-state index contributed by atoms with van der Waals surface area (Å²) in [7, 11) is 1.72. The van der Waals surface area contributed by atoms with Gasteiger partial charge >= 0.3 is 0 Å². The van der Waals surface area contributed by atoms with Gasteiger partial charge in [0.2, 0.25) is 0 Å². The van der Waals surface area contributed by atoms with Crippen molar-refractivity contribution in [3.8, 4) is 0 Å². The fourth-order valence-corrected chi connectivity index (χ4v) is 3.51. The van der Waals surface area contributed by atoms with E-state index in [-0.39, 0.29) is 0 Å². The second-order valence-corrected chi connectivity index (χ2v) is 6.01. The minimum Gasteiger partial charge on any atom is -0.382 e. The number of hydrogen-bond acceptors (Lipinski definition) is 4. The number of methoxy groups -OCH3 is 1. The van der Waals surface area contributed by atoms with Crippen LogP contribution in [0.15, 0.2) is 0 Å². The summed E-state index contributed by atoms with van der Waals surface area (Å²) < 4.78 is 10.6. The third-order valence-electron chi connectivity index (χ3n) is 4.72. The number of rotatable bonds is 7. The largest absolute Gasteiger partial charge is 0.382 e. The fraction of sp³-hybridized carbons (Fsp3) is 1.00. The van der Waals surface area contributed by atoms with Crippen molar-refractivity contribution in [1.82, 2.24) is 10.2 Å². The van der Waals surface area contributed by atoms with Crippen molar-refractivity contribution in [1.29, 1.82) is 0 Å². The molecule has 0 aromatic carbocycles. The number of ether oxygens (including phenoxy) is 2.